The maximum absolute atomic E-state index is 11.8. The molecule has 1 rings (SSSR count). The van der Waals surface area contributed by atoms with Crippen LogP contribution in [0.5, 0.6) is 0 Å². The Kier molecular flexibility index (Phi) is 5.86. The van der Waals surface area contributed by atoms with Gasteiger partial charge in [0.15, 0.2) is 5.78 Å². The largest absolute Gasteiger partial charge is 0.346 e. The first kappa shape index (κ1) is 13.9. The van der Waals surface area contributed by atoms with Crippen molar-refractivity contribution in [2.24, 2.45) is 7.05 Å². The number of rotatable bonds is 8. The Hall–Kier alpha value is -1.20. The summed E-state index contributed by atoms with van der Waals surface area (Å²) in [5, 5.41) is 4.05. The minimum Gasteiger partial charge on any atom is -0.346 e. The molecule has 0 bridgehead atoms. The van der Waals surface area contributed by atoms with Gasteiger partial charge in [0.2, 0.25) is 6.29 Å². The summed E-state index contributed by atoms with van der Waals surface area (Å²) >= 11 is 0. The van der Waals surface area contributed by atoms with Crippen molar-refractivity contribution in [3.63, 3.8) is 0 Å². The Bertz CT molecular complexity index is 343. The smallest absolute Gasteiger partial charge is 0.217 e. The first-order valence-corrected chi connectivity index (χ1v) is 5.91. The van der Waals surface area contributed by atoms with Gasteiger partial charge in [-0.25, -0.2) is 0 Å². The van der Waals surface area contributed by atoms with E-state index in [4.69, 9.17) is 9.47 Å². The highest BCUT2D eigenvalue weighted by Crippen LogP contribution is 2.06. The molecule has 5 heteroatoms. The van der Waals surface area contributed by atoms with E-state index in [9.17, 15) is 4.79 Å². The van der Waals surface area contributed by atoms with Gasteiger partial charge in [-0.15, -0.1) is 0 Å². The highest BCUT2D eigenvalue weighted by atomic mass is 16.7. The number of carbonyl (C=O) groups excluding carboxylic acids is 1. The van der Waals surface area contributed by atoms with Gasteiger partial charge < -0.3 is 9.47 Å². The number of aromatic nitrogens is 2. The molecule has 0 spiro atoms. The van der Waals surface area contributed by atoms with Gasteiger partial charge in [0.25, 0.3) is 0 Å². The lowest BCUT2D eigenvalue weighted by Crippen LogP contribution is -2.28. The van der Waals surface area contributed by atoms with E-state index < -0.39 is 6.29 Å². The zero-order chi connectivity index (χ0) is 12.7. The molecular weight excluding hydrogens is 220 g/mol. The predicted octanol–water partition coefficient (Wildman–Crippen LogP) is 1.32. The van der Waals surface area contributed by atoms with Crippen LogP contribution in [0, 0.1) is 0 Å². The van der Waals surface area contributed by atoms with Crippen molar-refractivity contribution >= 4 is 5.78 Å². The van der Waals surface area contributed by atoms with Gasteiger partial charge >= 0.3 is 0 Å². The molecule has 0 saturated heterocycles. The zero-order valence-corrected chi connectivity index (χ0v) is 10.7. The van der Waals surface area contributed by atoms with Gasteiger partial charge in [-0.1, -0.05) is 0 Å². The van der Waals surface area contributed by atoms with E-state index in [1.807, 2.05) is 27.0 Å². The number of aryl methyl sites for hydroxylation is 2. The minimum atomic E-state index is -0.724. The van der Waals surface area contributed by atoms with Crippen molar-refractivity contribution in [1.29, 1.82) is 0 Å². The maximum atomic E-state index is 11.8. The van der Waals surface area contributed by atoms with Gasteiger partial charge in [0.1, 0.15) is 0 Å². The fourth-order valence-electron chi connectivity index (χ4n) is 1.55. The number of carbonyl (C=O) groups is 1. The Labute approximate surface area is 102 Å². The molecule has 0 amide bonds. The topological polar surface area (TPSA) is 53.4 Å². The number of ether oxygens (including phenoxy) is 2. The van der Waals surface area contributed by atoms with Crippen molar-refractivity contribution in [3.05, 3.63) is 18.0 Å². The molecule has 1 aromatic rings. The lowest BCUT2D eigenvalue weighted by molar-refractivity contribution is -0.167. The molecule has 0 radical (unpaired) electrons. The Morgan fingerprint density at radius 2 is 2.06 bits per heavy atom. The van der Waals surface area contributed by atoms with Crippen LogP contribution in [0.15, 0.2) is 12.3 Å². The molecule has 0 aromatic carbocycles. The molecule has 96 valence electrons. The molecule has 1 aromatic heterocycles. The predicted molar refractivity (Wildman–Crippen MR) is 63.6 cm³/mol. The fourth-order valence-corrected chi connectivity index (χ4v) is 1.55. The van der Waals surface area contributed by atoms with Crippen molar-refractivity contribution in [2.45, 2.75) is 33.0 Å². The summed E-state index contributed by atoms with van der Waals surface area (Å²) < 4.78 is 12.3. The van der Waals surface area contributed by atoms with E-state index in [-0.39, 0.29) is 5.78 Å². The average molecular weight is 240 g/mol. The highest BCUT2D eigenvalue weighted by Gasteiger charge is 2.18. The van der Waals surface area contributed by atoms with E-state index in [1.54, 1.807) is 10.9 Å². The molecule has 0 fully saturated rings. The summed E-state index contributed by atoms with van der Waals surface area (Å²) in [5.41, 5.74) is 1.03. The molecule has 17 heavy (non-hydrogen) atoms. The van der Waals surface area contributed by atoms with Crippen LogP contribution in [-0.4, -0.2) is 35.1 Å². The Morgan fingerprint density at radius 3 is 2.53 bits per heavy atom. The molecule has 0 N–H and O–H groups in total. The molecule has 0 aliphatic carbocycles. The summed E-state index contributed by atoms with van der Waals surface area (Å²) in [4.78, 5) is 11.8. The molecule has 0 aliphatic heterocycles. The SMILES string of the molecule is CCOC(OCC)C(=O)CCc1ccnn1C. The van der Waals surface area contributed by atoms with Crippen LogP contribution in [0.1, 0.15) is 26.0 Å². The lowest BCUT2D eigenvalue weighted by Gasteiger charge is -2.15. The second-order valence-electron chi connectivity index (χ2n) is 3.66. The molecule has 1 heterocycles. The summed E-state index contributed by atoms with van der Waals surface area (Å²) in [6, 6.07) is 1.91. The first-order valence-electron chi connectivity index (χ1n) is 5.91. The summed E-state index contributed by atoms with van der Waals surface area (Å²) in [6.45, 7) is 4.64. The third-order valence-corrected chi connectivity index (χ3v) is 2.45. The molecule has 0 atom stereocenters. The Balaban J connectivity index is 2.44. The number of hydrogen-bond donors (Lipinski definition) is 0. The highest BCUT2D eigenvalue weighted by molar-refractivity contribution is 5.82. The van der Waals surface area contributed by atoms with Crippen molar-refractivity contribution < 1.29 is 14.3 Å². The van der Waals surface area contributed by atoms with Crippen LogP contribution in [0.2, 0.25) is 0 Å². The van der Waals surface area contributed by atoms with Crippen LogP contribution in [0.4, 0.5) is 0 Å². The van der Waals surface area contributed by atoms with E-state index in [0.29, 0.717) is 26.1 Å². The van der Waals surface area contributed by atoms with E-state index in [1.165, 1.54) is 0 Å². The van der Waals surface area contributed by atoms with Crippen LogP contribution in [0.3, 0.4) is 0 Å². The van der Waals surface area contributed by atoms with Gasteiger partial charge in [-0.2, -0.15) is 5.10 Å². The van der Waals surface area contributed by atoms with Crippen molar-refractivity contribution in [2.75, 3.05) is 13.2 Å². The number of nitrogens with zero attached hydrogens (tertiary/aromatic N) is 2. The fraction of sp³-hybridized carbons (Fsp3) is 0.667. The van der Waals surface area contributed by atoms with E-state index >= 15 is 0 Å². The normalized spacial score (nSPS) is 11.1. The van der Waals surface area contributed by atoms with Crippen LogP contribution in [-0.2, 0) is 27.7 Å². The van der Waals surface area contributed by atoms with Gasteiger partial charge in [-0.05, 0) is 26.3 Å². The van der Waals surface area contributed by atoms with Crippen molar-refractivity contribution in [1.82, 2.24) is 9.78 Å². The zero-order valence-electron chi connectivity index (χ0n) is 10.7. The summed E-state index contributed by atoms with van der Waals surface area (Å²) in [6.07, 6.45) is 2.07. The lowest BCUT2D eigenvalue weighted by atomic mass is 10.1. The van der Waals surface area contributed by atoms with Crippen LogP contribution < -0.4 is 0 Å². The van der Waals surface area contributed by atoms with E-state index in [0.717, 1.165) is 5.69 Å². The van der Waals surface area contributed by atoms with Crippen LogP contribution >= 0.6 is 0 Å². The average Bonchev–Trinajstić information content (AvgIpc) is 2.71. The van der Waals surface area contributed by atoms with Gasteiger partial charge in [0.05, 0.1) is 0 Å². The second kappa shape index (κ2) is 7.19. The summed E-state index contributed by atoms with van der Waals surface area (Å²) in [5.74, 6) is -0.0186. The number of hydrogen-bond acceptors (Lipinski definition) is 4. The Morgan fingerprint density at radius 1 is 1.41 bits per heavy atom. The third kappa shape index (κ3) is 4.28. The van der Waals surface area contributed by atoms with Gasteiger partial charge in [-0.3, -0.25) is 9.48 Å². The number of Topliss-reactive ketones (excluding diaryl/α,β-unsaturated/α-hetero) is 1. The quantitative estimate of drug-likeness (QED) is 0.643. The standard InChI is InChI=1S/C12H20N2O3/c1-4-16-12(17-5-2)11(15)7-6-10-8-9-13-14(10)3/h8-9,12H,4-7H2,1-3H3. The van der Waals surface area contributed by atoms with Crippen molar-refractivity contribution in [3.8, 4) is 0 Å². The molecule has 0 saturated carbocycles. The molecule has 5 nitrogen and oxygen atoms in total. The molecule has 0 unspecified atom stereocenters. The molecular formula is C12H20N2O3. The maximum Gasteiger partial charge on any atom is 0.217 e. The van der Waals surface area contributed by atoms with Gasteiger partial charge in [0, 0.05) is 38.6 Å². The monoisotopic (exact) mass is 240 g/mol. The number of ketones is 1. The minimum absolute atomic E-state index is 0.0186. The van der Waals surface area contributed by atoms with Crippen LogP contribution in [0.25, 0.3) is 0 Å². The third-order valence-electron chi connectivity index (χ3n) is 2.45. The molecule has 0 aliphatic rings. The summed E-state index contributed by atoms with van der Waals surface area (Å²) in [7, 11) is 1.86. The first-order chi connectivity index (χ1) is 8.19. The van der Waals surface area contributed by atoms with E-state index in [2.05, 4.69) is 5.10 Å². The second-order valence-corrected chi connectivity index (χ2v) is 3.66.